The second kappa shape index (κ2) is 9.31. The highest BCUT2D eigenvalue weighted by Gasteiger charge is 2.36. The summed E-state index contributed by atoms with van der Waals surface area (Å²) in [4.78, 5) is 13.6. The van der Waals surface area contributed by atoms with E-state index in [1.807, 2.05) is 12.1 Å². The van der Waals surface area contributed by atoms with Crippen LogP contribution in [0.25, 0.3) is 16.8 Å². The van der Waals surface area contributed by atoms with Gasteiger partial charge in [-0.15, -0.1) is 0 Å². The predicted octanol–water partition coefficient (Wildman–Crippen LogP) is 5.76. The van der Waals surface area contributed by atoms with Gasteiger partial charge < -0.3 is 11.1 Å². The lowest BCUT2D eigenvalue weighted by Gasteiger charge is -2.29. The second-order valence-corrected chi connectivity index (χ2v) is 10.9. The number of carbonyl (C=O) groups is 1. The van der Waals surface area contributed by atoms with E-state index >= 15 is 0 Å². The highest BCUT2D eigenvalue weighted by molar-refractivity contribution is 8.24. The lowest BCUT2D eigenvalue weighted by atomic mass is 10.0. The fraction of sp³-hybridized carbons (Fsp3) is 0.115. The number of carbonyl (C=O) groups excluding carboxylic acids is 1. The number of halogens is 3. The third-order valence-electron chi connectivity index (χ3n) is 6.17. The first-order chi connectivity index (χ1) is 17.9. The number of alkyl halides is 3. The Labute approximate surface area is 216 Å². The van der Waals surface area contributed by atoms with Crippen molar-refractivity contribution in [1.82, 2.24) is 9.78 Å². The number of amides is 1. The molecular weight excluding hydrogens is 519 g/mol. The van der Waals surface area contributed by atoms with E-state index in [4.69, 9.17) is 11.1 Å². The molecule has 8 nitrogen and oxygen atoms in total. The van der Waals surface area contributed by atoms with Gasteiger partial charge in [0.1, 0.15) is 11.5 Å². The molecule has 0 atom stereocenters. The number of benzene rings is 3. The average Bonchev–Trinajstić information content (AvgIpc) is 3.47. The molecule has 0 radical (unpaired) electrons. The van der Waals surface area contributed by atoms with E-state index in [1.54, 1.807) is 30.3 Å². The van der Waals surface area contributed by atoms with Crippen LogP contribution in [0.3, 0.4) is 0 Å². The highest BCUT2D eigenvalue weighted by Crippen LogP contribution is 2.58. The smallest absolute Gasteiger partial charge is 0.384 e. The molecule has 1 aliphatic heterocycles. The molecule has 0 aliphatic carbocycles. The molecule has 0 spiro atoms. The number of hydrogen-bond acceptors (Lipinski definition) is 5. The van der Waals surface area contributed by atoms with Gasteiger partial charge in [0.2, 0.25) is 0 Å². The van der Waals surface area contributed by atoms with Crippen LogP contribution in [0.1, 0.15) is 27.3 Å². The summed E-state index contributed by atoms with van der Waals surface area (Å²) in [6.07, 6.45) is -4.21. The Morgan fingerprint density at radius 1 is 1.05 bits per heavy atom. The molecule has 5 rings (SSSR count). The number of rotatable bonds is 5. The molecule has 2 heterocycles. The standard InChI is InChI=1S/C26H22F3N5O3S/c27-26(28,29)22-14-21(34(33-22)19-5-1-4-17(13-19)24(30)31)25(35)32-18-9-7-15(8-10-18)20-6-2-3-16-11-12-38(36,37)23(16)20/h1-10,13-14,36-37H,11-12H2,(H3,30,31)(H,32,35). The zero-order valence-electron chi connectivity index (χ0n) is 19.7. The maximum Gasteiger partial charge on any atom is 0.435 e. The van der Waals surface area contributed by atoms with Crippen molar-refractivity contribution in [2.75, 3.05) is 11.1 Å². The van der Waals surface area contributed by atoms with Crippen molar-refractivity contribution >= 4 is 28.0 Å². The molecule has 0 saturated heterocycles. The minimum Gasteiger partial charge on any atom is -0.384 e. The molecule has 3 aromatic carbocycles. The zero-order valence-corrected chi connectivity index (χ0v) is 20.5. The molecule has 0 bridgehead atoms. The Balaban J connectivity index is 1.46. The molecule has 12 heteroatoms. The van der Waals surface area contributed by atoms with Gasteiger partial charge in [0.25, 0.3) is 5.91 Å². The van der Waals surface area contributed by atoms with Crippen LogP contribution in [0.4, 0.5) is 18.9 Å². The number of anilines is 1. The van der Waals surface area contributed by atoms with Gasteiger partial charge in [-0.05, 0) is 41.8 Å². The van der Waals surface area contributed by atoms with E-state index in [-0.39, 0.29) is 28.5 Å². The van der Waals surface area contributed by atoms with Crippen LogP contribution >= 0.6 is 10.6 Å². The molecule has 1 aliphatic rings. The Kier molecular flexibility index (Phi) is 6.25. The molecule has 1 amide bonds. The fourth-order valence-electron chi connectivity index (χ4n) is 4.36. The highest BCUT2D eigenvalue weighted by atomic mass is 32.3. The summed E-state index contributed by atoms with van der Waals surface area (Å²) in [5.41, 5.74) is 6.85. The normalized spacial score (nSPS) is 15.1. The van der Waals surface area contributed by atoms with E-state index in [0.29, 0.717) is 34.2 Å². The van der Waals surface area contributed by atoms with E-state index in [9.17, 15) is 27.1 Å². The van der Waals surface area contributed by atoms with Gasteiger partial charge in [-0.3, -0.25) is 19.3 Å². The Hall–Kier alpha value is -4.13. The zero-order chi connectivity index (χ0) is 27.2. The molecule has 196 valence electrons. The van der Waals surface area contributed by atoms with Crippen molar-refractivity contribution in [3.05, 3.63) is 95.3 Å². The number of nitrogens with zero attached hydrogens (tertiary/aromatic N) is 2. The molecule has 0 unspecified atom stereocenters. The number of nitrogens with one attached hydrogen (secondary N) is 2. The van der Waals surface area contributed by atoms with Gasteiger partial charge in [0.05, 0.1) is 10.6 Å². The first kappa shape index (κ1) is 25.5. The monoisotopic (exact) mass is 541 g/mol. The van der Waals surface area contributed by atoms with Crippen molar-refractivity contribution < 1.29 is 27.1 Å². The molecule has 38 heavy (non-hydrogen) atoms. The van der Waals surface area contributed by atoms with Crippen molar-refractivity contribution in [2.24, 2.45) is 5.73 Å². The number of aryl methyl sites for hydroxylation is 1. The fourth-order valence-corrected chi connectivity index (χ4v) is 6.20. The molecule has 0 saturated carbocycles. The summed E-state index contributed by atoms with van der Waals surface area (Å²) in [5.74, 6) is -0.841. The van der Waals surface area contributed by atoms with E-state index in [2.05, 4.69) is 10.4 Å². The summed E-state index contributed by atoms with van der Waals surface area (Å²) < 4.78 is 62.2. The van der Waals surface area contributed by atoms with Crippen LogP contribution in [0.15, 0.2) is 77.7 Å². The molecular formula is C26H22F3N5O3S. The third-order valence-corrected chi connectivity index (χ3v) is 8.08. The van der Waals surface area contributed by atoms with Crippen LogP contribution in [-0.4, -0.2) is 36.4 Å². The molecule has 1 aromatic heterocycles. The van der Waals surface area contributed by atoms with Crippen molar-refractivity contribution in [1.29, 1.82) is 5.41 Å². The average molecular weight is 542 g/mol. The third kappa shape index (κ3) is 4.76. The molecule has 6 N–H and O–H groups in total. The molecule has 4 aromatic rings. The number of fused-ring (bicyclic) bond motifs is 1. The number of hydrogen-bond donors (Lipinski definition) is 5. The van der Waals surface area contributed by atoms with Gasteiger partial charge in [0, 0.05) is 28.6 Å². The number of nitrogens with two attached hydrogens (primary N) is 1. The first-order valence-corrected chi connectivity index (χ1v) is 13.1. The number of amidine groups is 1. The lowest BCUT2D eigenvalue weighted by molar-refractivity contribution is -0.141. The van der Waals surface area contributed by atoms with Gasteiger partial charge >= 0.3 is 6.18 Å². The predicted molar refractivity (Wildman–Crippen MR) is 139 cm³/mol. The quantitative estimate of drug-likeness (QED) is 0.162. The minimum absolute atomic E-state index is 0.130. The minimum atomic E-state index is -4.79. The first-order valence-electron chi connectivity index (χ1n) is 11.4. The van der Waals surface area contributed by atoms with Gasteiger partial charge in [0.15, 0.2) is 5.69 Å². The number of aromatic nitrogens is 2. The summed E-state index contributed by atoms with van der Waals surface area (Å²) >= 11 is 0. The van der Waals surface area contributed by atoms with E-state index < -0.39 is 28.4 Å². The topological polar surface area (TPSA) is 137 Å². The Morgan fingerprint density at radius 3 is 2.45 bits per heavy atom. The van der Waals surface area contributed by atoms with Crippen LogP contribution in [-0.2, 0) is 12.6 Å². The van der Waals surface area contributed by atoms with Crippen molar-refractivity contribution in [2.45, 2.75) is 17.5 Å². The number of nitrogen functional groups attached to an aromatic ring is 1. The SMILES string of the molecule is N=C(N)c1cccc(-n2nc(C(F)(F)F)cc2C(=O)Nc2ccc(-c3cccc4c3S(O)(O)CC4)cc2)c1. The van der Waals surface area contributed by atoms with E-state index in [0.717, 1.165) is 10.2 Å². The summed E-state index contributed by atoms with van der Waals surface area (Å²) in [7, 11) is -2.89. The van der Waals surface area contributed by atoms with Crippen LogP contribution in [0, 0.1) is 5.41 Å². The van der Waals surface area contributed by atoms with Crippen molar-refractivity contribution in [3.63, 3.8) is 0 Å². The Bertz CT molecular complexity index is 1570. The summed E-state index contributed by atoms with van der Waals surface area (Å²) in [6, 6.07) is 18.5. The summed E-state index contributed by atoms with van der Waals surface area (Å²) in [5, 5.41) is 13.8. The molecule has 0 fully saturated rings. The van der Waals surface area contributed by atoms with E-state index in [1.165, 1.54) is 24.3 Å². The van der Waals surface area contributed by atoms with Crippen LogP contribution < -0.4 is 11.1 Å². The lowest BCUT2D eigenvalue weighted by Crippen LogP contribution is -2.17. The van der Waals surface area contributed by atoms with Crippen LogP contribution in [0.2, 0.25) is 0 Å². The van der Waals surface area contributed by atoms with Crippen molar-refractivity contribution in [3.8, 4) is 16.8 Å². The van der Waals surface area contributed by atoms with Crippen LogP contribution in [0.5, 0.6) is 0 Å². The second-order valence-electron chi connectivity index (χ2n) is 8.73. The maximum atomic E-state index is 13.5. The van der Waals surface area contributed by atoms with Gasteiger partial charge in [-0.2, -0.15) is 28.9 Å². The Morgan fingerprint density at radius 2 is 1.76 bits per heavy atom. The van der Waals surface area contributed by atoms with Gasteiger partial charge in [-0.1, -0.05) is 42.5 Å². The largest absolute Gasteiger partial charge is 0.435 e. The van der Waals surface area contributed by atoms with Gasteiger partial charge in [-0.25, -0.2) is 4.68 Å². The summed E-state index contributed by atoms with van der Waals surface area (Å²) in [6.45, 7) is 0. The maximum absolute atomic E-state index is 13.5.